The van der Waals surface area contributed by atoms with Crippen LogP contribution in [0.1, 0.15) is 36.7 Å². The minimum absolute atomic E-state index is 0.184. The van der Waals surface area contributed by atoms with E-state index in [1.807, 2.05) is 0 Å². The summed E-state index contributed by atoms with van der Waals surface area (Å²) < 4.78 is 0. The van der Waals surface area contributed by atoms with Crippen molar-refractivity contribution in [1.82, 2.24) is 10.3 Å². The summed E-state index contributed by atoms with van der Waals surface area (Å²) in [5.41, 5.74) is 0.317. The first kappa shape index (κ1) is 14.9. The van der Waals surface area contributed by atoms with Gasteiger partial charge in [0.2, 0.25) is 5.91 Å². The second-order valence-electron chi connectivity index (χ2n) is 5.06. The number of carbonyl (C=O) groups excluding carboxylic acids is 2. The summed E-state index contributed by atoms with van der Waals surface area (Å²) in [5, 5.41) is 16.7. The highest BCUT2D eigenvalue weighted by Gasteiger charge is 2.27. The van der Waals surface area contributed by atoms with Crippen LogP contribution < -0.4 is 10.6 Å². The molecule has 2 atom stereocenters. The first-order valence-corrected chi connectivity index (χ1v) is 7.60. The van der Waals surface area contributed by atoms with Gasteiger partial charge in [0.15, 0.2) is 5.13 Å². The lowest BCUT2D eigenvalue weighted by molar-refractivity contribution is -0.114. The van der Waals surface area contributed by atoms with Gasteiger partial charge in [-0.15, -0.1) is 11.3 Å². The van der Waals surface area contributed by atoms with Gasteiger partial charge in [-0.2, -0.15) is 0 Å². The Morgan fingerprint density at radius 1 is 1.45 bits per heavy atom. The molecule has 2 amide bonds. The largest absolute Gasteiger partial charge is 0.396 e. The molecule has 20 heavy (non-hydrogen) atoms. The van der Waals surface area contributed by atoms with Crippen LogP contribution in [0.5, 0.6) is 0 Å². The predicted octanol–water partition coefficient (Wildman–Crippen LogP) is 1.24. The fourth-order valence-electron chi connectivity index (χ4n) is 2.52. The number of aromatic nitrogens is 1. The lowest BCUT2D eigenvalue weighted by Gasteiger charge is -2.17. The molecule has 1 aliphatic carbocycles. The van der Waals surface area contributed by atoms with Crippen molar-refractivity contribution >= 4 is 28.3 Å². The van der Waals surface area contributed by atoms with E-state index in [-0.39, 0.29) is 18.4 Å². The first-order chi connectivity index (χ1) is 9.60. The molecule has 1 aromatic heterocycles. The van der Waals surface area contributed by atoms with Gasteiger partial charge in [-0.05, 0) is 24.7 Å². The molecule has 1 saturated carbocycles. The molecule has 0 aliphatic heterocycles. The third kappa shape index (κ3) is 3.77. The second-order valence-corrected chi connectivity index (χ2v) is 5.92. The number of aliphatic hydroxyl groups excluding tert-OH is 1. The van der Waals surface area contributed by atoms with Crippen LogP contribution in [0.25, 0.3) is 0 Å². The smallest absolute Gasteiger partial charge is 0.270 e. The summed E-state index contributed by atoms with van der Waals surface area (Å²) in [5.74, 6) is 0.197. The molecule has 0 bridgehead atoms. The van der Waals surface area contributed by atoms with Crippen LogP contribution in [0.4, 0.5) is 5.13 Å². The van der Waals surface area contributed by atoms with Gasteiger partial charge >= 0.3 is 0 Å². The summed E-state index contributed by atoms with van der Waals surface area (Å²) in [6.45, 7) is 2.15. The van der Waals surface area contributed by atoms with Crippen molar-refractivity contribution in [2.45, 2.75) is 26.2 Å². The molecule has 7 heteroatoms. The Morgan fingerprint density at radius 3 is 2.90 bits per heavy atom. The van der Waals surface area contributed by atoms with E-state index in [0.717, 1.165) is 19.3 Å². The van der Waals surface area contributed by atoms with Crippen molar-refractivity contribution in [2.75, 3.05) is 18.5 Å². The first-order valence-electron chi connectivity index (χ1n) is 6.72. The Labute approximate surface area is 121 Å². The SMILES string of the molecule is CC(=O)Nc1nc(C(=O)NCC2CCCC2CO)cs1. The number of aliphatic hydroxyl groups is 1. The standard InChI is InChI=1S/C13H19N3O3S/c1-8(18)15-13-16-11(7-20-13)12(19)14-5-9-3-2-4-10(9)6-17/h7,9-10,17H,2-6H2,1H3,(H,14,19)(H,15,16,18). The Hall–Kier alpha value is -1.47. The Kier molecular flexibility index (Phi) is 5.08. The number of nitrogens with zero attached hydrogens (tertiary/aromatic N) is 1. The zero-order valence-electron chi connectivity index (χ0n) is 11.4. The Bertz CT molecular complexity index is 489. The van der Waals surface area contributed by atoms with Gasteiger partial charge in [-0.3, -0.25) is 9.59 Å². The molecule has 110 valence electrons. The van der Waals surface area contributed by atoms with Crippen LogP contribution in [0.2, 0.25) is 0 Å². The molecule has 0 aromatic carbocycles. The minimum atomic E-state index is -0.235. The number of hydrogen-bond acceptors (Lipinski definition) is 5. The number of nitrogens with one attached hydrogen (secondary N) is 2. The topological polar surface area (TPSA) is 91.3 Å². The maximum atomic E-state index is 12.0. The van der Waals surface area contributed by atoms with Crippen molar-refractivity contribution in [1.29, 1.82) is 0 Å². The summed E-state index contributed by atoms with van der Waals surface area (Å²) in [6.07, 6.45) is 3.18. The third-order valence-electron chi connectivity index (χ3n) is 3.60. The molecule has 3 N–H and O–H groups in total. The van der Waals surface area contributed by atoms with Crippen LogP contribution in [-0.2, 0) is 4.79 Å². The van der Waals surface area contributed by atoms with Gasteiger partial charge in [0.25, 0.3) is 5.91 Å². The Balaban J connectivity index is 1.85. The summed E-state index contributed by atoms with van der Waals surface area (Å²) in [7, 11) is 0. The third-order valence-corrected chi connectivity index (χ3v) is 4.35. The molecule has 1 fully saturated rings. The zero-order chi connectivity index (χ0) is 14.5. The predicted molar refractivity (Wildman–Crippen MR) is 76.7 cm³/mol. The van der Waals surface area contributed by atoms with Gasteiger partial charge in [-0.1, -0.05) is 6.42 Å². The minimum Gasteiger partial charge on any atom is -0.396 e. The molecule has 6 nitrogen and oxygen atoms in total. The van der Waals surface area contributed by atoms with E-state index < -0.39 is 0 Å². The number of carbonyl (C=O) groups is 2. The molecular weight excluding hydrogens is 278 g/mol. The van der Waals surface area contributed by atoms with E-state index in [4.69, 9.17) is 0 Å². The van der Waals surface area contributed by atoms with Gasteiger partial charge in [0.05, 0.1) is 0 Å². The highest BCUT2D eigenvalue weighted by atomic mass is 32.1. The van der Waals surface area contributed by atoms with Crippen molar-refractivity contribution < 1.29 is 14.7 Å². The van der Waals surface area contributed by atoms with Crippen molar-refractivity contribution in [2.24, 2.45) is 11.8 Å². The number of hydrogen-bond donors (Lipinski definition) is 3. The maximum absolute atomic E-state index is 12.0. The molecule has 1 aliphatic rings. The molecule has 2 rings (SSSR count). The van der Waals surface area contributed by atoms with E-state index in [1.165, 1.54) is 18.3 Å². The molecule has 1 aromatic rings. The molecule has 0 spiro atoms. The van der Waals surface area contributed by atoms with E-state index in [0.29, 0.717) is 29.2 Å². The number of rotatable bonds is 5. The molecule has 2 unspecified atom stereocenters. The van der Waals surface area contributed by atoms with Crippen LogP contribution in [0.15, 0.2) is 5.38 Å². The van der Waals surface area contributed by atoms with Crippen LogP contribution in [-0.4, -0.2) is 35.1 Å². The number of anilines is 1. The molecule has 0 radical (unpaired) electrons. The molecule has 0 saturated heterocycles. The molecular formula is C13H19N3O3S. The van der Waals surface area contributed by atoms with E-state index in [2.05, 4.69) is 15.6 Å². The average molecular weight is 297 g/mol. The normalized spacial score (nSPS) is 21.7. The Morgan fingerprint density at radius 2 is 2.20 bits per heavy atom. The fourth-order valence-corrected chi connectivity index (χ4v) is 3.26. The monoisotopic (exact) mass is 297 g/mol. The molecule has 1 heterocycles. The maximum Gasteiger partial charge on any atom is 0.270 e. The summed E-state index contributed by atoms with van der Waals surface area (Å²) in [4.78, 5) is 26.9. The van der Waals surface area contributed by atoms with Crippen molar-refractivity contribution in [3.05, 3.63) is 11.1 Å². The van der Waals surface area contributed by atoms with Gasteiger partial charge in [0.1, 0.15) is 5.69 Å². The lowest BCUT2D eigenvalue weighted by Crippen LogP contribution is -2.31. The number of thiazole rings is 1. The lowest BCUT2D eigenvalue weighted by atomic mass is 9.97. The van der Waals surface area contributed by atoms with Crippen LogP contribution >= 0.6 is 11.3 Å². The van der Waals surface area contributed by atoms with Crippen molar-refractivity contribution in [3.8, 4) is 0 Å². The fraction of sp³-hybridized carbons (Fsp3) is 0.615. The quantitative estimate of drug-likeness (QED) is 0.762. The van der Waals surface area contributed by atoms with Crippen LogP contribution in [0, 0.1) is 11.8 Å². The van der Waals surface area contributed by atoms with Gasteiger partial charge in [0, 0.05) is 25.5 Å². The highest BCUT2D eigenvalue weighted by Crippen LogP contribution is 2.30. The highest BCUT2D eigenvalue weighted by molar-refractivity contribution is 7.14. The average Bonchev–Trinajstić information content (AvgIpc) is 3.03. The van der Waals surface area contributed by atoms with Crippen molar-refractivity contribution in [3.63, 3.8) is 0 Å². The van der Waals surface area contributed by atoms with E-state index in [9.17, 15) is 14.7 Å². The van der Waals surface area contributed by atoms with E-state index >= 15 is 0 Å². The van der Waals surface area contributed by atoms with E-state index in [1.54, 1.807) is 5.38 Å². The van der Waals surface area contributed by atoms with Gasteiger partial charge < -0.3 is 15.7 Å². The van der Waals surface area contributed by atoms with Gasteiger partial charge in [-0.25, -0.2) is 4.98 Å². The number of amides is 2. The summed E-state index contributed by atoms with van der Waals surface area (Å²) >= 11 is 1.23. The van der Waals surface area contributed by atoms with Crippen LogP contribution in [0.3, 0.4) is 0 Å². The summed E-state index contributed by atoms with van der Waals surface area (Å²) in [6, 6.07) is 0. The second kappa shape index (κ2) is 6.81. The zero-order valence-corrected chi connectivity index (χ0v) is 12.2.